The number of ether oxygens (including phenoxy) is 2. The lowest BCUT2D eigenvalue weighted by atomic mass is 9.92. The molecule has 4 aromatic rings. The number of rotatable bonds is 10. The van der Waals surface area contributed by atoms with Crippen molar-refractivity contribution in [1.29, 1.82) is 5.26 Å². The van der Waals surface area contributed by atoms with Crippen molar-refractivity contribution in [3.63, 3.8) is 0 Å². The fourth-order valence-corrected chi connectivity index (χ4v) is 5.74. The Bertz CT molecular complexity index is 1560. The first-order valence-electron chi connectivity index (χ1n) is 13.7. The summed E-state index contributed by atoms with van der Waals surface area (Å²) in [7, 11) is 0. The molecule has 2 aromatic carbocycles. The van der Waals surface area contributed by atoms with Crippen molar-refractivity contribution < 1.29 is 18.7 Å². The second kappa shape index (κ2) is 11.3. The first kappa shape index (κ1) is 26.3. The number of hydrogen-bond donors (Lipinski definition) is 1. The van der Waals surface area contributed by atoms with Crippen LogP contribution in [-0.2, 0) is 4.74 Å². The molecule has 0 spiro atoms. The number of thioether (sulfide) groups is 1. The average Bonchev–Trinajstić information content (AvgIpc) is 3.62. The predicted octanol–water partition coefficient (Wildman–Crippen LogP) is 7.11. The van der Waals surface area contributed by atoms with E-state index in [9.17, 15) is 10.1 Å². The first-order chi connectivity index (χ1) is 19.5. The summed E-state index contributed by atoms with van der Waals surface area (Å²) >= 11 is 1.46. The van der Waals surface area contributed by atoms with Gasteiger partial charge in [-0.05, 0) is 74.8 Å². The third-order valence-electron chi connectivity index (χ3n) is 7.60. The maximum absolute atomic E-state index is 12.3. The number of nitrogens with zero attached hydrogens (tertiary/aromatic N) is 4. The third kappa shape index (κ3) is 5.52. The molecule has 9 nitrogen and oxygen atoms in total. The standard InChI is InChI=1S/C30H31N5O4S/c1-18(20-6-7-20)38-29(36)32-22-10-8-21(9-11-22)28-26(17-31)25-13-12-24(16-27(25)35(28)23-4-3-5-23)37-14-15-40-30-34-33-19(2)39-30/h8-13,16,18,20,23H,3-7,14-15H2,1-2H3,(H,32,36). The fourth-order valence-electron chi connectivity index (χ4n) is 5.12. The van der Waals surface area contributed by atoms with Gasteiger partial charge in [0.05, 0.1) is 23.4 Å². The van der Waals surface area contributed by atoms with E-state index >= 15 is 0 Å². The number of aromatic nitrogens is 3. The molecule has 2 aromatic heterocycles. The van der Waals surface area contributed by atoms with Crippen molar-refractivity contribution in [2.45, 2.75) is 63.3 Å². The molecule has 2 aliphatic rings. The lowest BCUT2D eigenvalue weighted by Crippen LogP contribution is -2.21. The van der Waals surface area contributed by atoms with Gasteiger partial charge < -0.3 is 18.5 Å². The van der Waals surface area contributed by atoms with Crippen LogP contribution in [0.25, 0.3) is 22.2 Å². The molecule has 1 atom stereocenters. The molecular formula is C30H31N5O4S. The Kier molecular flexibility index (Phi) is 7.39. The summed E-state index contributed by atoms with van der Waals surface area (Å²) in [6.07, 6.45) is 5.03. The van der Waals surface area contributed by atoms with Crippen LogP contribution in [0.3, 0.4) is 0 Å². The van der Waals surface area contributed by atoms with E-state index in [4.69, 9.17) is 13.9 Å². The van der Waals surface area contributed by atoms with E-state index < -0.39 is 6.09 Å². The highest BCUT2D eigenvalue weighted by atomic mass is 32.2. The average molecular weight is 558 g/mol. The van der Waals surface area contributed by atoms with Gasteiger partial charge >= 0.3 is 6.09 Å². The molecule has 0 radical (unpaired) electrons. The number of amides is 1. The number of benzene rings is 2. The number of anilines is 1. The van der Waals surface area contributed by atoms with Gasteiger partial charge in [0.1, 0.15) is 17.9 Å². The minimum atomic E-state index is -0.438. The molecule has 2 aliphatic carbocycles. The van der Waals surface area contributed by atoms with E-state index in [0.717, 1.165) is 53.6 Å². The van der Waals surface area contributed by atoms with E-state index in [1.54, 1.807) is 6.92 Å². The summed E-state index contributed by atoms with van der Waals surface area (Å²) in [5.41, 5.74) is 4.13. The van der Waals surface area contributed by atoms with Crippen molar-refractivity contribution >= 4 is 34.4 Å². The molecular weight excluding hydrogens is 526 g/mol. The third-order valence-corrected chi connectivity index (χ3v) is 8.38. The summed E-state index contributed by atoms with van der Waals surface area (Å²) in [5, 5.41) is 22.3. The number of nitrogens with one attached hydrogen (secondary N) is 1. The van der Waals surface area contributed by atoms with Crippen LogP contribution in [0, 0.1) is 24.2 Å². The van der Waals surface area contributed by atoms with Crippen molar-refractivity contribution in [3.8, 4) is 23.1 Å². The molecule has 1 amide bonds. The molecule has 0 aliphatic heterocycles. The van der Waals surface area contributed by atoms with Gasteiger partial charge in [-0.3, -0.25) is 5.32 Å². The Morgan fingerprint density at radius 3 is 2.65 bits per heavy atom. The maximum Gasteiger partial charge on any atom is 0.411 e. The van der Waals surface area contributed by atoms with Gasteiger partial charge in [-0.25, -0.2) is 4.79 Å². The van der Waals surface area contributed by atoms with Crippen LogP contribution >= 0.6 is 11.8 Å². The Morgan fingerprint density at radius 2 is 2.00 bits per heavy atom. The van der Waals surface area contributed by atoms with E-state index in [1.807, 2.05) is 49.4 Å². The molecule has 6 rings (SSSR count). The highest BCUT2D eigenvalue weighted by Crippen LogP contribution is 2.43. The minimum Gasteiger partial charge on any atom is -0.493 e. The van der Waals surface area contributed by atoms with Crippen LogP contribution in [0.15, 0.2) is 52.1 Å². The molecule has 2 fully saturated rings. The van der Waals surface area contributed by atoms with Crippen LogP contribution in [0.1, 0.15) is 56.5 Å². The Labute approximate surface area is 236 Å². The SMILES string of the molecule is Cc1nnc(SCCOc2ccc3c(C#N)c(-c4ccc(NC(=O)OC(C)C5CC5)cc4)n(C4CCC4)c3c2)o1. The van der Waals surface area contributed by atoms with Crippen LogP contribution in [0.4, 0.5) is 10.5 Å². The predicted molar refractivity (Wildman–Crippen MR) is 153 cm³/mol. The Hall–Kier alpha value is -3.97. The molecule has 0 saturated heterocycles. The van der Waals surface area contributed by atoms with E-state index in [1.165, 1.54) is 18.2 Å². The molecule has 10 heteroatoms. The summed E-state index contributed by atoms with van der Waals surface area (Å²) in [5.74, 6) is 2.45. The van der Waals surface area contributed by atoms with Crippen molar-refractivity contribution in [2.75, 3.05) is 17.7 Å². The molecule has 0 bridgehead atoms. The second-order valence-corrected chi connectivity index (χ2v) is 11.4. The van der Waals surface area contributed by atoms with E-state index in [2.05, 4.69) is 26.2 Å². The van der Waals surface area contributed by atoms with Crippen LogP contribution in [-0.4, -0.2) is 39.3 Å². The van der Waals surface area contributed by atoms with E-state index in [0.29, 0.717) is 46.7 Å². The smallest absolute Gasteiger partial charge is 0.411 e. The van der Waals surface area contributed by atoms with Gasteiger partial charge in [0.2, 0.25) is 5.89 Å². The summed E-state index contributed by atoms with van der Waals surface area (Å²) in [4.78, 5) is 12.3. The topological polar surface area (TPSA) is 115 Å². The molecule has 2 heterocycles. The second-order valence-electron chi connectivity index (χ2n) is 10.4. The van der Waals surface area contributed by atoms with Gasteiger partial charge in [-0.2, -0.15) is 5.26 Å². The summed E-state index contributed by atoms with van der Waals surface area (Å²) < 4.78 is 19.2. The molecule has 206 valence electrons. The monoisotopic (exact) mass is 557 g/mol. The Balaban J connectivity index is 1.23. The normalized spacial score (nSPS) is 15.8. The number of hydrogen-bond acceptors (Lipinski definition) is 8. The van der Waals surface area contributed by atoms with Crippen LogP contribution < -0.4 is 10.1 Å². The minimum absolute atomic E-state index is 0.0714. The molecule has 2 saturated carbocycles. The molecule has 40 heavy (non-hydrogen) atoms. The van der Waals surface area contributed by atoms with Crippen molar-refractivity contribution in [1.82, 2.24) is 14.8 Å². The lowest BCUT2D eigenvalue weighted by Gasteiger charge is -2.30. The van der Waals surface area contributed by atoms with E-state index in [-0.39, 0.29) is 6.10 Å². The van der Waals surface area contributed by atoms with Gasteiger partial charge in [-0.15, -0.1) is 10.2 Å². The molecule has 1 N–H and O–H groups in total. The van der Waals surface area contributed by atoms with Gasteiger partial charge in [0.25, 0.3) is 5.22 Å². The Morgan fingerprint density at radius 1 is 1.20 bits per heavy atom. The summed E-state index contributed by atoms with van der Waals surface area (Å²) in [6.45, 7) is 4.19. The van der Waals surface area contributed by atoms with Crippen molar-refractivity contribution in [2.24, 2.45) is 5.92 Å². The maximum atomic E-state index is 12.3. The van der Waals surface area contributed by atoms with Crippen LogP contribution in [0.5, 0.6) is 5.75 Å². The first-order valence-corrected chi connectivity index (χ1v) is 14.7. The number of aryl methyl sites for hydroxylation is 1. The van der Waals surface area contributed by atoms with Gasteiger partial charge in [0, 0.05) is 35.9 Å². The fraction of sp³-hybridized carbons (Fsp3) is 0.400. The molecule has 1 unspecified atom stereocenters. The van der Waals surface area contributed by atoms with Crippen LogP contribution in [0.2, 0.25) is 0 Å². The zero-order valence-electron chi connectivity index (χ0n) is 22.6. The number of fused-ring (bicyclic) bond motifs is 1. The number of carbonyl (C=O) groups excluding carboxylic acids is 1. The van der Waals surface area contributed by atoms with Crippen molar-refractivity contribution in [3.05, 3.63) is 53.9 Å². The van der Waals surface area contributed by atoms with Gasteiger partial charge in [-0.1, -0.05) is 23.9 Å². The number of carbonyl (C=O) groups is 1. The largest absolute Gasteiger partial charge is 0.493 e. The quantitative estimate of drug-likeness (QED) is 0.162. The number of nitriles is 1. The lowest BCUT2D eigenvalue weighted by molar-refractivity contribution is 0.108. The highest BCUT2D eigenvalue weighted by molar-refractivity contribution is 7.99. The zero-order valence-corrected chi connectivity index (χ0v) is 23.4. The zero-order chi connectivity index (χ0) is 27.6. The summed E-state index contributed by atoms with van der Waals surface area (Å²) in [6, 6.07) is 16.3. The van der Waals surface area contributed by atoms with Gasteiger partial charge in [0.15, 0.2) is 0 Å². The highest BCUT2D eigenvalue weighted by Gasteiger charge is 2.31.